The lowest BCUT2D eigenvalue weighted by molar-refractivity contribution is 0.0696. The van der Waals surface area contributed by atoms with Gasteiger partial charge in [0.05, 0.1) is 11.3 Å². The third-order valence-corrected chi connectivity index (χ3v) is 3.93. The fraction of sp³-hybridized carbons (Fsp3) is 0.467. The van der Waals surface area contributed by atoms with Gasteiger partial charge in [0.2, 0.25) is 0 Å². The first-order valence-electron chi connectivity index (χ1n) is 7.09. The fourth-order valence-electron chi connectivity index (χ4n) is 2.61. The van der Waals surface area contributed by atoms with Gasteiger partial charge in [0.1, 0.15) is 5.75 Å². The van der Waals surface area contributed by atoms with E-state index in [-0.39, 0.29) is 29.1 Å². The molecule has 0 spiro atoms. The molecule has 1 aromatic rings. The van der Waals surface area contributed by atoms with Gasteiger partial charge in [-0.3, -0.25) is 0 Å². The minimum Gasteiger partial charge on any atom is -0.506 e. The van der Waals surface area contributed by atoms with Gasteiger partial charge >= 0.3 is 12.0 Å². The highest BCUT2D eigenvalue weighted by Gasteiger charge is 2.22. The standard InChI is InChI=1S/C15H20N2O4/c1-17(11-5-3-2-4-6-11)15(21)16-12-8-7-10(14(19)20)9-13(12)18/h7-9,11,18H,2-6H2,1H3,(H,16,21)(H,19,20). The third-order valence-electron chi connectivity index (χ3n) is 3.93. The van der Waals surface area contributed by atoms with Crippen molar-refractivity contribution in [3.8, 4) is 5.75 Å². The van der Waals surface area contributed by atoms with Crippen LogP contribution in [0.4, 0.5) is 10.5 Å². The van der Waals surface area contributed by atoms with Crippen LogP contribution >= 0.6 is 0 Å². The first-order valence-corrected chi connectivity index (χ1v) is 7.09. The minimum absolute atomic E-state index is 0.0221. The summed E-state index contributed by atoms with van der Waals surface area (Å²) in [5, 5.41) is 21.2. The molecule has 1 aliphatic carbocycles. The second-order valence-electron chi connectivity index (χ2n) is 5.37. The molecule has 1 aromatic carbocycles. The summed E-state index contributed by atoms with van der Waals surface area (Å²) < 4.78 is 0. The van der Waals surface area contributed by atoms with Gasteiger partial charge in [-0.25, -0.2) is 9.59 Å². The number of aromatic carboxylic acids is 1. The molecule has 2 rings (SSSR count). The van der Waals surface area contributed by atoms with E-state index in [2.05, 4.69) is 5.32 Å². The number of hydrogen-bond donors (Lipinski definition) is 3. The largest absolute Gasteiger partial charge is 0.506 e. The summed E-state index contributed by atoms with van der Waals surface area (Å²) in [6, 6.07) is 3.79. The first kappa shape index (κ1) is 15.2. The van der Waals surface area contributed by atoms with Gasteiger partial charge < -0.3 is 20.4 Å². The van der Waals surface area contributed by atoms with Gasteiger partial charge in [-0.15, -0.1) is 0 Å². The molecule has 3 N–H and O–H groups in total. The third kappa shape index (κ3) is 3.65. The Morgan fingerprint density at radius 3 is 2.48 bits per heavy atom. The molecule has 0 bridgehead atoms. The summed E-state index contributed by atoms with van der Waals surface area (Å²) in [6.45, 7) is 0. The van der Waals surface area contributed by atoms with Crippen LogP contribution in [0.1, 0.15) is 42.5 Å². The highest BCUT2D eigenvalue weighted by Crippen LogP contribution is 2.26. The predicted octanol–water partition coefficient (Wildman–Crippen LogP) is 2.89. The zero-order valence-corrected chi connectivity index (χ0v) is 12.0. The number of phenolic OH excluding ortho intramolecular Hbond substituents is 1. The van der Waals surface area contributed by atoms with E-state index in [0.717, 1.165) is 31.7 Å². The van der Waals surface area contributed by atoms with E-state index in [0.29, 0.717) is 0 Å². The van der Waals surface area contributed by atoms with Gasteiger partial charge in [-0.2, -0.15) is 0 Å². The molecule has 1 saturated carbocycles. The monoisotopic (exact) mass is 292 g/mol. The Labute approximate surface area is 123 Å². The van der Waals surface area contributed by atoms with Gasteiger partial charge in [-0.05, 0) is 31.0 Å². The maximum Gasteiger partial charge on any atom is 0.335 e. The van der Waals surface area contributed by atoms with E-state index in [1.54, 1.807) is 11.9 Å². The zero-order chi connectivity index (χ0) is 15.4. The number of phenols is 1. The Bertz CT molecular complexity index is 538. The fourth-order valence-corrected chi connectivity index (χ4v) is 2.61. The molecule has 0 radical (unpaired) electrons. The van der Waals surface area contributed by atoms with Gasteiger partial charge in [0.25, 0.3) is 0 Å². The van der Waals surface area contributed by atoms with Crippen LogP contribution < -0.4 is 5.32 Å². The summed E-state index contributed by atoms with van der Waals surface area (Å²) >= 11 is 0. The van der Waals surface area contributed by atoms with Crippen LogP contribution in [0.3, 0.4) is 0 Å². The molecule has 0 aromatic heterocycles. The lowest BCUT2D eigenvalue weighted by atomic mass is 9.95. The van der Waals surface area contributed by atoms with Gasteiger partial charge in [0, 0.05) is 13.1 Å². The van der Waals surface area contributed by atoms with Crippen molar-refractivity contribution in [2.24, 2.45) is 0 Å². The van der Waals surface area contributed by atoms with Crippen LogP contribution in [0, 0.1) is 0 Å². The van der Waals surface area contributed by atoms with E-state index in [9.17, 15) is 14.7 Å². The maximum absolute atomic E-state index is 12.2. The van der Waals surface area contributed by atoms with Crippen molar-refractivity contribution in [1.82, 2.24) is 4.90 Å². The van der Waals surface area contributed by atoms with E-state index in [1.807, 2.05) is 0 Å². The molecule has 6 nitrogen and oxygen atoms in total. The SMILES string of the molecule is CN(C(=O)Nc1ccc(C(=O)O)cc1O)C1CCCCC1. The highest BCUT2D eigenvalue weighted by molar-refractivity contribution is 5.93. The van der Waals surface area contributed by atoms with E-state index in [1.165, 1.54) is 18.6 Å². The molecule has 0 aliphatic heterocycles. The highest BCUT2D eigenvalue weighted by atomic mass is 16.4. The molecule has 2 amide bonds. The second kappa shape index (κ2) is 6.47. The number of carboxylic acid groups (broad SMARTS) is 1. The van der Waals surface area contributed by atoms with E-state index >= 15 is 0 Å². The van der Waals surface area contributed by atoms with Crippen molar-refractivity contribution in [2.75, 3.05) is 12.4 Å². The predicted molar refractivity (Wildman–Crippen MR) is 78.7 cm³/mol. The Morgan fingerprint density at radius 2 is 1.90 bits per heavy atom. The number of carboxylic acids is 1. The Morgan fingerprint density at radius 1 is 1.24 bits per heavy atom. The molecular formula is C15H20N2O4. The Kier molecular flexibility index (Phi) is 4.67. The summed E-state index contributed by atoms with van der Waals surface area (Å²) in [7, 11) is 1.74. The van der Waals surface area contributed by atoms with Crippen LogP contribution in [0.15, 0.2) is 18.2 Å². The second-order valence-corrected chi connectivity index (χ2v) is 5.37. The molecule has 114 valence electrons. The molecule has 21 heavy (non-hydrogen) atoms. The number of carbonyl (C=O) groups is 2. The minimum atomic E-state index is -1.12. The van der Waals surface area contributed by atoms with Crippen LogP contribution in [0.2, 0.25) is 0 Å². The lowest BCUT2D eigenvalue weighted by Gasteiger charge is -2.31. The van der Waals surface area contributed by atoms with E-state index < -0.39 is 5.97 Å². The van der Waals surface area contributed by atoms with Crippen LogP contribution in [0.25, 0.3) is 0 Å². The van der Waals surface area contributed by atoms with Crippen molar-refractivity contribution in [3.05, 3.63) is 23.8 Å². The molecule has 6 heteroatoms. The number of nitrogens with zero attached hydrogens (tertiary/aromatic N) is 1. The van der Waals surface area contributed by atoms with Crippen LogP contribution in [-0.4, -0.2) is 40.2 Å². The number of aromatic hydroxyl groups is 1. The maximum atomic E-state index is 12.2. The zero-order valence-electron chi connectivity index (χ0n) is 12.0. The molecular weight excluding hydrogens is 272 g/mol. The summed E-state index contributed by atoms with van der Waals surface area (Å²) in [4.78, 5) is 24.6. The molecule has 0 saturated heterocycles. The number of nitrogens with one attached hydrogen (secondary N) is 1. The summed E-state index contributed by atoms with van der Waals surface area (Å²) in [5.41, 5.74) is 0.193. The number of hydrogen-bond acceptors (Lipinski definition) is 3. The lowest BCUT2D eigenvalue weighted by Crippen LogP contribution is -2.40. The number of benzene rings is 1. The van der Waals surface area contributed by atoms with Crippen molar-refractivity contribution in [2.45, 2.75) is 38.1 Å². The average Bonchev–Trinajstić information content (AvgIpc) is 2.49. The Hall–Kier alpha value is -2.24. The van der Waals surface area contributed by atoms with Crippen LogP contribution in [-0.2, 0) is 0 Å². The first-order chi connectivity index (χ1) is 9.99. The normalized spacial score (nSPS) is 15.5. The van der Waals surface area contributed by atoms with Crippen molar-refractivity contribution in [3.63, 3.8) is 0 Å². The molecule has 0 atom stereocenters. The number of anilines is 1. The average molecular weight is 292 g/mol. The van der Waals surface area contributed by atoms with Crippen LogP contribution in [0.5, 0.6) is 5.75 Å². The smallest absolute Gasteiger partial charge is 0.335 e. The van der Waals surface area contributed by atoms with Crippen molar-refractivity contribution in [1.29, 1.82) is 0 Å². The molecule has 0 unspecified atom stereocenters. The van der Waals surface area contributed by atoms with Crippen molar-refractivity contribution < 1.29 is 19.8 Å². The Balaban J connectivity index is 2.03. The van der Waals surface area contributed by atoms with E-state index in [4.69, 9.17) is 5.11 Å². The van der Waals surface area contributed by atoms with Gasteiger partial charge in [-0.1, -0.05) is 19.3 Å². The summed E-state index contributed by atoms with van der Waals surface area (Å²) in [6.07, 6.45) is 5.45. The van der Waals surface area contributed by atoms with Crippen molar-refractivity contribution >= 4 is 17.7 Å². The molecule has 0 heterocycles. The number of rotatable bonds is 3. The number of amides is 2. The molecule has 1 aliphatic rings. The number of urea groups is 1. The van der Waals surface area contributed by atoms with Gasteiger partial charge in [0.15, 0.2) is 0 Å². The topological polar surface area (TPSA) is 89.9 Å². The quantitative estimate of drug-likeness (QED) is 0.747. The number of carbonyl (C=O) groups excluding carboxylic acids is 1. The summed E-state index contributed by atoms with van der Waals surface area (Å²) in [5.74, 6) is -1.37. The molecule has 1 fully saturated rings.